The van der Waals surface area contributed by atoms with Gasteiger partial charge in [-0.25, -0.2) is 4.98 Å². The first-order valence-corrected chi connectivity index (χ1v) is 11.4. The summed E-state index contributed by atoms with van der Waals surface area (Å²) in [4.78, 5) is 17.3. The zero-order chi connectivity index (χ0) is 24.9. The lowest BCUT2D eigenvalue weighted by Gasteiger charge is -2.27. The van der Waals surface area contributed by atoms with Gasteiger partial charge >= 0.3 is 12.5 Å². The first kappa shape index (κ1) is 26.2. The van der Waals surface area contributed by atoms with Crippen molar-refractivity contribution in [3.8, 4) is 5.75 Å². The fourth-order valence-electron chi connectivity index (χ4n) is 3.59. The van der Waals surface area contributed by atoms with E-state index < -0.39 is 40.9 Å². The normalized spacial score (nSPS) is 16.3. The molecule has 0 bridgehead atoms. The molecule has 6 nitrogen and oxygen atoms in total. The number of hydrogen-bond acceptors (Lipinski definition) is 6. The maximum atomic E-state index is 13.5. The molecule has 0 spiro atoms. The average molecular weight is 511 g/mol. The van der Waals surface area contributed by atoms with E-state index >= 15 is 0 Å². The molecule has 188 valence electrons. The van der Waals surface area contributed by atoms with Crippen LogP contribution >= 0.6 is 11.3 Å². The predicted octanol–water partition coefficient (Wildman–Crippen LogP) is 4.55. The largest absolute Gasteiger partial charge is 0.573 e. The fraction of sp³-hybridized carbons (Fsp3) is 0.524. The highest BCUT2D eigenvalue weighted by molar-refractivity contribution is 7.13. The van der Waals surface area contributed by atoms with Crippen LogP contribution in [-0.4, -0.2) is 53.4 Å². The molecule has 34 heavy (non-hydrogen) atoms. The number of aromatic nitrogens is 1. The molecule has 2 heterocycles. The van der Waals surface area contributed by atoms with Crippen LogP contribution in [0.2, 0.25) is 0 Å². The van der Waals surface area contributed by atoms with Crippen LogP contribution in [0.3, 0.4) is 0 Å². The van der Waals surface area contributed by atoms with E-state index in [-0.39, 0.29) is 24.5 Å². The van der Waals surface area contributed by atoms with Crippen molar-refractivity contribution >= 4 is 17.2 Å². The van der Waals surface area contributed by atoms with Crippen molar-refractivity contribution in [3.63, 3.8) is 0 Å². The van der Waals surface area contributed by atoms with Crippen LogP contribution in [0.5, 0.6) is 5.75 Å². The van der Waals surface area contributed by atoms with Gasteiger partial charge in [0, 0.05) is 13.1 Å². The van der Waals surface area contributed by atoms with Gasteiger partial charge < -0.3 is 20.1 Å². The second-order valence-corrected chi connectivity index (χ2v) is 8.84. The zero-order valence-electron chi connectivity index (χ0n) is 17.9. The first-order valence-electron chi connectivity index (χ1n) is 10.5. The van der Waals surface area contributed by atoms with E-state index in [9.17, 15) is 36.2 Å². The standard InChI is InChI=1S/C21H23F6N3O3S/c22-20(23,24)17-16(34-19(29-17)15(31)12-30-9-2-1-3-10-30)18(32)28-8-7-13-5-4-6-14(11-13)33-21(25,26)27/h4-6,11,15,31H,1-3,7-10,12H2,(H,28,32). The topological polar surface area (TPSA) is 74.7 Å². The van der Waals surface area contributed by atoms with Gasteiger partial charge in [0.25, 0.3) is 5.91 Å². The summed E-state index contributed by atoms with van der Waals surface area (Å²) in [6.07, 6.45) is -8.01. The molecule has 13 heteroatoms. The summed E-state index contributed by atoms with van der Waals surface area (Å²) in [7, 11) is 0. The van der Waals surface area contributed by atoms with Gasteiger partial charge in [-0.1, -0.05) is 18.6 Å². The number of thiazole rings is 1. The lowest BCUT2D eigenvalue weighted by Crippen LogP contribution is -2.33. The van der Waals surface area contributed by atoms with Gasteiger partial charge in [-0.15, -0.1) is 24.5 Å². The van der Waals surface area contributed by atoms with Crippen LogP contribution in [0.4, 0.5) is 26.3 Å². The third-order valence-electron chi connectivity index (χ3n) is 5.11. The lowest BCUT2D eigenvalue weighted by molar-refractivity contribution is -0.274. The summed E-state index contributed by atoms with van der Waals surface area (Å²) >= 11 is 0.481. The van der Waals surface area contributed by atoms with Crippen LogP contribution in [0.1, 0.15) is 51.3 Å². The number of ether oxygens (including phenoxy) is 1. The summed E-state index contributed by atoms with van der Waals surface area (Å²) in [5.41, 5.74) is -0.983. The summed E-state index contributed by atoms with van der Waals surface area (Å²) < 4.78 is 81.3. The molecule has 1 aliphatic heterocycles. The van der Waals surface area contributed by atoms with Gasteiger partial charge in [-0.3, -0.25) is 4.79 Å². The molecule has 1 unspecified atom stereocenters. The van der Waals surface area contributed by atoms with Crippen molar-refractivity contribution in [1.82, 2.24) is 15.2 Å². The van der Waals surface area contributed by atoms with E-state index in [0.29, 0.717) is 16.9 Å². The molecule has 0 aliphatic carbocycles. The number of likely N-dealkylation sites (tertiary alicyclic amines) is 1. The van der Waals surface area contributed by atoms with Gasteiger partial charge in [-0.2, -0.15) is 13.2 Å². The van der Waals surface area contributed by atoms with Crippen molar-refractivity contribution in [2.75, 3.05) is 26.2 Å². The van der Waals surface area contributed by atoms with Gasteiger partial charge in [-0.05, 0) is 50.0 Å². The van der Waals surface area contributed by atoms with E-state index in [2.05, 4.69) is 15.0 Å². The van der Waals surface area contributed by atoms with Crippen molar-refractivity contribution in [2.45, 2.75) is 44.3 Å². The van der Waals surface area contributed by atoms with Crippen molar-refractivity contribution in [3.05, 3.63) is 45.4 Å². The highest BCUT2D eigenvalue weighted by atomic mass is 32.1. The predicted molar refractivity (Wildman–Crippen MR) is 112 cm³/mol. The average Bonchev–Trinajstić information content (AvgIpc) is 3.20. The summed E-state index contributed by atoms with van der Waals surface area (Å²) in [5, 5.41) is 12.5. The number of alkyl halides is 6. The maximum absolute atomic E-state index is 13.5. The molecule has 1 saturated heterocycles. The Kier molecular flexibility index (Phi) is 8.42. The van der Waals surface area contributed by atoms with E-state index in [1.807, 2.05) is 4.90 Å². The quantitative estimate of drug-likeness (QED) is 0.509. The number of rotatable bonds is 8. The number of piperidine rings is 1. The number of carbonyl (C=O) groups excluding carboxylic acids is 1. The third kappa shape index (κ3) is 7.57. The molecule has 1 fully saturated rings. The van der Waals surface area contributed by atoms with Crippen molar-refractivity contribution in [2.24, 2.45) is 0 Å². The number of hydrogen-bond donors (Lipinski definition) is 2. The minimum atomic E-state index is -4.89. The number of halogens is 6. The lowest BCUT2D eigenvalue weighted by atomic mass is 10.1. The Morgan fingerprint density at radius 2 is 1.88 bits per heavy atom. The Labute approximate surface area is 195 Å². The van der Waals surface area contributed by atoms with E-state index in [4.69, 9.17) is 0 Å². The number of nitrogens with zero attached hydrogens (tertiary/aromatic N) is 2. The molecule has 1 aliphatic rings. The Morgan fingerprint density at radius 1 is 1.18 bits per heavy atom. The third-order valence-corrected chi connectivity index (χ3v) is 6.27. The summed E-state index contributed by atoms with van der Waals surface area (Å²) in [6.45, 7) is 1.46. The van der Waals surface area contributed by atoms with Gasteiger partial charge in [0.2, 0.25) is 0 Å². The number of amides is 1. The second-order valence-electron chi connectivity index (χ2n) is 7.81. The second kappa shape index (κ2) is 10.9. The first-order chi connectivity index (χ1) is 15.9. The van der Waals surface area contributed by atoms with Gasteiger partial charge in [0.1, 0.15) is 21.7 Å². The highest BCUT2D eigenvalue weighted by Gasteiger charge is 2.40. The van der Waals surface area contributed by atoms with E-state index in [0.717, 1.165) is 44.5 Å². The van der Waals surface area contributed by atoms with E-state index in [1.165, 1.54) is 12.1 Å². The maximum Gasteiger partial charge on any atom is 0.573 e. The summed E-state index contributed by atoms with van der Waals surface area (Å²) in [6, 6.07) is 5.07. The monoisotopic (exact) mass is 511 g/mol. The van der Waals surface area contributed by atoms with Crippen LogP contribution in [0.25, 0.3) is 0 Å². The number of aliphatic hydroxyl groups is 1. The van der Waals surface area contributed by atoms with Crippen LogP contribution in [0.15, 0.2) is 24.3 Å². The van der Waals surface area contributed by atoms with Crippen molar-refractivity contribution < 1.29 is 41.0 Å². The van der Waals surface area contributed by atoms with Crippen molar-refractivity contribution in [1.29, 1.82) is 0 Å². The molecule has 2 N–H and O–H groups in total. The molecule has 1 amide bonds. The fourth-order valence-corrected chi connectivity index (χ4v) is 4.57. The zero-order valence-corrected chi connectivity index (χ0v) is 18.7. The Hall–Kier alpha value is -2.38. The number of aliphatic hydroxyl groups excluding tert-OH is 1. The van der Waals surface area contributed by atoms with Crippen LogP contribution in [-0.2, 0) is 12.6 Å². The molecule has 3 rings (SSSR count). The van der Waals surface area contributed by atoms with Gasteiger partial charge in [0.05, 0.1) is 0 Å². The molecule has 0 saturated carbocycles. The smallest absolute Gasteiger partial charge is 0.406 e. The molecule has 1 aromatic heterocycles. The van der Waals surface area contributed by atoms with Gasteiger partial charge in [0.15, 0.2) is 5.69 Å². The molecular weight excluding hydrogens is 488 g/mol. The Bertz CT molecular complexity index is 973. The Balaban J connectivity index is 1.65. The highest BCUT2D eigenvalue weighted by Crippen LogP contribution is 2.36. The van der Waals surface area contributed by atoms with Crippen LogP contribution in [0, 0.1) is 0 Å². The molecular formula is C21H23F6N3O3S. The molecule has 1 aromatic carbocycles. The Morgan fingerprint density at radius 3 is 2.53 bits per heavy atom. The number of carbonyl (C=O) groups is 1. The molecule has 0 radical (unpaired) electrons. The summed E-state index contributed by atoms with van der Waals surface area (Å²) in [5.74, 6) is -1.46. The number of nitrogens with one attached hydrogen (secondary N) is 1. The van der Waals surface area contributed by atoms with Crippen LogP contribution < -0.4 is 10.1 Å². The molecule has 1 atom stereocenters. The van der Waals surface area contributed by atoms with E-state index in [1.54, 1.807) is 0 Å². The molecule has 2 aromatic rings. The minimum Gasteiger partial charge on any atom is -0.406 e. The minimum absolute atomic E-state index is 0.0609. The SMILES string of the molecule is O=C(NCCc1cccc(OC(F)(F)F)c1)c1sc(C(O)CN2CCCCC2)nc1C(F)(F)F. The number of benzene rings is 1. The number of β-amino-alcohol motifs (C(OH)–C–C–N with tert-alkyl or cyclic N) is 1.